The summed E-state index contributed by atoms with van der Waals surface area (Å²) in [4.78, 5) is 1.15. The van der Waals surface area contributed by atoms with Gasteiger partial charge in [-0.05, 0) is 37.7 Å². The van der Waals surface area contributed by atoms with Crippen molar-refractivity contribution in [3.63, 3.8) is 0 Å². The van der Waals surface area contributed by atoms with E-state index < -0.39 is 10.0 Å². The number of nitrogens with one attached hydrogen (secondary N) is 1. The zero-order chi connectivity index (χ0) is 13.9. The fourth-order valence-corrected chi connectivity index (χ4v) is 5.13. The molecule has 0 atom stereocenters. The Balaban J connectivity index is 2.26. The number of hydrogen-bond donors (Lipinski definition) is 1. The second-order valence-electron chi connectivity index (χ2n) is 4.49. The van der Waals surface area contributed by atoms with Gasteiger partial charge in [-0.1, -0.05) is 0 Å². The predicted octanol–water partition coefficient (Wildman–Crippen LogP) is 2.87. The Kier molecular flexibility index (Phi) is 4.71. The van der Waals surface area contributed by atoms with Crippen LogP contribution in [0.2, 0.25) is 0 Å². The maximum atomic E-state index is 11.9. The average Bonchev–Trinajstić information content (AvgIpc) is 2.72. The summed E-state index contributed by atoms with van der Waals surface area (Å²) in [6, 6.07) is 2.14. The molecule has 0 saturated heterocycles. The Hall–Kier alpha value is -0.770. The molecule has 0 aliphatic heterocycles. The predicted molar refractivity (Wildman–Crippen MR) is 78.4 cm³/mol. The number of nitriles is 1. The van der Waals surface area contributed by atoms with Gasteiger partial charge in [0.25, 0.3) is 0 Å². The van der Waals surface area contributed by atoms with Crippen molar-refractivity contribution in [3.05, 3.63) is 16.0 Å². The summed E-state index contributed by atoms with van der Waals surface area (Å²) in [6.07, 6.45) is 4.40. The molecule has 1 N–H and O–H groups in total. The van der Waals surface area contributed by atoms with Gasteiger partial charge in [-0.2, -0.15) is 5.26 Å². The van der Waals surface area contributed by atoms with Gasteiger partial charge < -0.3 is 0 Å². The Bertz CT molecular complexity index is 602. The lowest BCUT2D eigenvalue weighted by molar-refractivity contribution is 0.600. The SMILES string of the molecule is N#Cc1c(NS(=O)(=O)CCCCl)sc2c1CCCC2. The standard InChI is InChI=1S/C12H15ClN2O2S2/c13-6-3-7-19(16,17)15-12-10(8-14)9-4-1-2-5-11(9)18-12/h15H,1-7H2. The molecule has 104 valence electrons. The van der Waals surface area contributed by atoms with Crippen LogP contribution >= 0.6 is 22.9 Å². The molecule has 1 aliphatic rings. The van der Waals surface area contributed by atoms with Crippen molar-refractivity contribution in [2.75, 3.05) is 16.4 Å². The topological polar surface area (TPSA) is 70.0 Å². The molecule has 0 radical (unpaired) electrons. The number of sulfonamides is 1. The Morgan fingerprint density at radius 3 is 2.79 bits per heavy atom. The first-order valence-electron chi connectivity index (χ1n) is 6.18. The van der Waals surface area contributed by atoms with Gasteiger partial charge in [-0.3, -0.25) is 4.72 Å². The third-order valence-corrected chi connectivity index (χ3v) is 6.02. The minimum atomic E-state index is -3.40. The number of fused-ring (bicyclic) bond motifs is 1. The van der Waals surface area contributed by atoms with Gasteiger partial charge in [-0.25, -0.2) is 8.42 Å². The zero-order valence-electron chi connectivity index (χ0n) is 10.4. The van der Waals surface area contributed by atoms with Crippen LogP contribution in [0.4, 0.5) is 5.00 Å². The Labute approximate surface area is 122 Å². The van der Waals surface area contributed by atoms with E-state index in [0.29, 0.717) is 22.9 Å². The minimum absolute atomic E-state index is 0.00998. The molecule has 0 bridgehead atoms. The lowest BCUT2D eigenvalue weighted by Crippen LogP contribution is -2.16. The van der Waals surface area contributed by atoms with E-state index >= 15 is 0 Å². The molecule has 0 amide bonds. The van der Waals surface area contributed by atoms with E-state index in [2.05, 4.69) is 10.8 Å². The molecule has 0 spiro atoms. The Morgan fingerprint density at radius 1 is 1.37 bits per heavy atom. The first-order chi connectivity index (χ1) is 9.07. The number of rotatable bonds is 5. The largest absolute Gasteiger partial charge is 0.273 e. The molecule has 2 rings (SSSR count). The van der Waals surface area contributed by atoms with Crippen LogP contribution in [-0.2, 0) is 22.9 Å². The van der Waals surface area contributed by atoms with Gasteiger partial charge in [0.05, 0.1) is 11.3 Å². The van der Waals surface area contributed by atoms with Gasteiger partial charge in [0.2, 0.25) is 10.0 Å². The van der Waals surface area contributed by atoms with Crippen molar-refractivity contribution in [2.45, 2.75) is 32.1 Å². The van der Waals surface area contributed by atoms with E-state index in [1.165, 1.54) is 11.3 Å². The quantitative estimate of drug-likeness (QED) is 0.849. The lowest BCUT2D eigenvalue weighted by Gasteiger charge is -2.09. The third kappa shape index (κ3) is 3.41. The molecule has 0 aromatic carbocycles. The monoisotopic (exact) mass is 318 g/mol. The van der Waals surface area contributed by atoms with E-state index in [4.69, 9.17) is 11.6 Å². The van der Waals surface area contributed by atoms with Crippen LogP contribution in [0.5, 0.6) is 0 Å². The van der Waals surface area contributed by atoms with Crippen molar-refractivity contribution < 1.29 is 8.42 Å². The van der Waals surface area contributed by atoms with E-state index in [1.54, 1.807) is 0 Å². The highest BCUT2D eigenvalue weighted by atomic mass is 35.5. The van der Waals surface area contributed by atoms with Gasteiger partial charge >= 0.3 is 0 Å². The van der Waals surface area contributed by atoms with Crippen molar-refractivity contribution in [1.29, 1.82) is 5.26 Å². The molecular formula is C12H15ClN2O2S2. The van der Waals surface area contributed by atoms with Crippen molar-refractivity contribution >= 4 is 38.0 Å². The number of hydrogen-bond acceptors (Lipinski definition) is 4. The second-order valence-corrected chi connectivity index (χ2v) is 7.82. The van der Waals surface area contributed by atoms with Crippen LogP contribution in [0.25, 0.3) is 0 Å². The van der Waals surface area contributed by atoms with Gasteiger partial charge in [0, 0.05) is 10.8 Å². The fraction of sp³-hybridized carbons (Fsp3) is 0.583. The van der Waals surface area contributed by atoms with E-state index in [0.717, 1.165) is 36.1 Å². The maximum absolute atomic E-state index is 11.9. The van der Waals surface area contributed by atoms with Crippen LogP contribution in [0.1, 0.15) is 35.3 Å². The normalized spacial score (nSPS) is 14.7. The number of alkyl halides is 1. The number of thiophene rings is 1. The summed E-state index contributed by atoms with van der Waals surface area (Å²) in [5.74, 6) is 0.302. The number of halogens is 1. The average molecular weight is 319 g/mol. The van der Waals surface area contributed by atoms with Crippen LogP contribution in [-0.4, -0.2) is 20.1 Å². The van der Waals surface area contributed by atoms with E-state index in [9.17, 15) is 13.7 Å². The van der Waals surface area contributed by atoms with E-state index in [-0.39, 0.29) is 5.75 Å². The highest BCUT2D eigenvalue weighted by Crippen LogP contribution is 2.38. The molecule has 7 heteroatoms. The summed E-state index contributed by atoms with van der Waals surface area (Å²) in [7, 11) is -3.40. The first kappa shape index (κ1) is 14.6. The molecule has 1 heterocycles. The summed E-state index contributed by atoms with van der Waals surface area (Å²) in [6.45, 7) is 0. The minimum Gasteiger partial charge on any atom is -0.273 e. The van der Waals surface area contributed by atoms with Crippen molar-refractivity contribution in [3.8, 4) is 6.07 Å². The molecule has 0 saturated carbocycles. The summed E-state index contributed by atoms with van der Waals surface area (Å²) in [5, 5.41) is 9.71. The summed E-state index contributed by atoms with van der Waals surface area (Å²) >= 11 is 6.91. The number of nitrogens with zero attached hydrogens (tertiary/aromatic N) is 1. The van der Waals surface area contributed by atoms with Gasteiger partial charge in [-0.15, -0.1) is 22.9 Å². The zero-order valence-corrected chi connectivity index (χ0v) is 12.8. The number of aryl methyl sites for hydroxylation is 1. The third-order valence-electron chi connectivity index (χ3n) is 3.08. The highest BCUT2D eigenvalue weighted by Gasteiger charge is 2.23. The highest BCUT2D eigenvalue weighted by molar-refractivity contribution is 7.92. The van der Waals surface area contributed by atoms with Crippen LogP contribution in [0.15, 0.2) is 0 Å². The van der Waals surface area contributed by atoms with E-state index in [1.807, 2.05) is 0 Å². The van der Waals surface area contributed by atoms with Crippen molar-refractivity contribution in [1.82, 2.24) is 0 Å². The summed E-state index contributed by atoms with van der Waals surface area (Å²) < 4.78 is 26.3. The van der Waals surface area contributed by atoms with Crippen molar-refractivity contribution in [2.24, 2.45) is 0 Å². The van der Waals surface area contributed by atoms with Gasteiger partial charge in [0.1, 0.15) is 11.1 Å². The summed E-state index contributed by atoms with van der Waals surface area (Å²) in [5.41, 5.74) is 1.54. The molecular weight excluding hydrogens is 304 g/mol. The molecule has 1 aromatic rings. The van der Waals surface area contributed by atoms with Gasteiger partial charge in [0.15, 0.2) is 0 Å². The smallest absolute Gasteiger partial charge is 0.233 e. The molecule has 1 aromatic heterocycles. The molecule has 1 aliphatic carbocycles. The molecule has 0 unspecified atom stereocenters. The van der Waals surface area contributed by atoms with Crippen LogP contribution in [0.3, 0.4) is 0 Å². The fourth-order valence-electron chi connectivity index (χ4n) is 2.19. The van der Waals surface area contributed by atoms with Crippen LogP contribution < -0.4 is 4.72 Å². The second kappa shape index (κ2) is 6.12. The number of anilines is 1. The molecule has 0 fully saturated rings. The molecule has 19 heavy (non-hydrogen) atoms. The maximum Gasteiger partial charge on any atom is 0.233 e. The molecule has 4 nitrogen and oxygen atoms in total. The first-order valence-corrected chi connectivity index (χ1v) is 9.19. The lowest BCUT2D eigenvalue weighted by atomic mass is 9.96. The Morgan fingerprint density at radius 2 is 2.11 bits per heavy atom. The van der Waals surface area contributed by atoms with Crippen LogP contribution in [0, 0.1) is 11.3 Å².